The number of hydrogen-bond acceptors (Lipinski definition) is 1. The number of rotatable bonds is 5. The molecule has 2 aromatic carbocycles. The van der Waals surface area contributed by atoms with Gasteiger partial charge in [-0.05, 0) is 43.5 Å². The Morgan fingerprint density at radius 2 is 1.95 bits per heavy atom. The van der Waals surface area contributed by atoms with Gasteiger partial charge in [0.05, 0.1) is 10.6 Å². The van der Waals surface area contributed by atoms with Gasteiger partial charge in [0.25, 0.3) is 5.91 Å². The van der Waals surface area contributed by atoms with Crippen LogP contribution in [0.2, 0.25) is 5.02 Å². The highest BCUT2D eigenvalue weighted by Crippen LogP contribution is 2.21. The fraction of sp³-hybridized carbons (Fsp3) is 0.235. The molecule has 0 aliphatic rings. The van der Waals surface area contributed by atoms with E-state index in [2.05, 4.69) is 33.4 Å². The van der Waals surface area contributed by atoms with Crippen molar-refractivity contribution in [1.29, 1.82) is 0 Å². The lowest BCUT2D eigenvalue weighted by Crippen LogP contribution is -2.33. The van der Waals surface area contributed by atoms with Crippen molar-refractivity contribution in [3.8, 4) is 0 Å². The fourth-order valence-electron chi connectivity index (χ4n) is 2.07. The van der Waals surface area contributed by atoms with Crippen molar-refractivity contribution in [1.82, 2.24) is 5.32 Å². The summed E-state index contributed by atoms with van der Waals surface area (Å²) in [5, 5.41) is 3.45. The zero-order valence-corrected chi connectivity index (χ0v) is 14.1. The lowest BCUT2D eigenvalue weighted by Gasteiger charge is -2.14. The molecule has 0 aromatic heterocycles. The fourth-order valence-corrected chi connectivity index (χ4v) is 2.64. The Hall–Kier alpha value is -1.32. The molecule has 1 amide bonds. The molecule has 0 unspecified atom stereocenters. The van der Waals surface area contributed by atoms with E-state index < -0.39 is 0 Å². The van der Waals surface area contributed by atoms with Gasteiger partial charge in [0.2, 0.25) is 0 Å². The number of halogens is 2. The lowest BCUT2D eigenvalue weighted by atomic mass is 10.1. The van der Waals surface area contributed by atoms with E-state index in [1.54, 1.807) is 12.1 Å². The largest absolute Gasteiger partial charge is 0.350 e. The van der Waals surface area contributed by atoms with Gasteiger partial charge in [-0.15, -0.1) is 0 Å². The first-order chi connectivity index (χ1) is 10.1. The third-order valence-corrected chi connectivity index (χ3v) is 4.08. The molecule has 2 nitrogen and oxygen atoms in total. The molecule has 110 valence electrons. The quantitative estimate of drug-likeness (QED) is 0.805. The zero-order valence-electron chi connectivity index (χ0n) is 11.8. The van der Waals surface area contributed by atoms with Crippen molar-refractivity contribution in [2.75, 3.05) is 0 Å². The van der Waals surface area contributed by atoms with E-state index in [9.17, 15) is 4.79 Å². The van der Waals surface area contributed by atoms with Crippen molar-refractivity contribution < 1.29 is 4.79 Å². The average Bonchev–Trinajstić information content (AvgIpc) is 2.48. The summed E-state index contributed by atoms with van der Waals surface area (Å²) < 4.78 is 0.842. The summed E-state index contributed by atoms with van der Waals surface area (Å²) in [5.74, 6) is -0.137. The molecular weight excluding hydrogens is 350 g/mol. The van der Waals surface area contributed by atoms with E-state index in [1.165, 1.54) is 5.56 Å². The Bertz CT molecular complexity index is 615. The molecule has 2 aromatic rings. The van der Waals surface area contributed by atoms with Gasteiger partial charge < -0.3 is 5.32 Å². The molecule has 0 saturated carbocycles. The van der Waals surface area contributed by atoms with Crippen LogP contribution in [0.25, 0.3) is 0 Å². The van der Waals surface area contributed by atoms with Crippen molar-refractivity contribution in [2.24, 2.45) is 0 Å². The maximum atomic E-state index is 12.2. The van der Waals surface area contributed by atoms with Gasteiger partial charge in [0.15, 0.2) is 0 Å². The molecule has 4 heteroatoms. The normalized spacial score (nSPS) is 12.0. The summed E-state index contributed by atoms with van der Waals surface area (Å²) in [6.07, 6.45) is 1.83. The highest BCUT2D eigenvalue weighted by Gasteiger charge is 2.13. The van der Waals surface area contributed by atoms with Gasteiger partial charge in [-0.1, -0.05) is 57.9 Å². The van der Waals surface area contributed by atoms with E-state index in [1.807, 2.05) is 31.2 Å². The molecule has 1 N–H and O–H groups in total. The summed E-state index contributed by atoms with van der Waals surface area (Å²) in [5.41, 5.74) is 1.77. The molecule has 0 fully saturated rings. The molecule has 21 heavy (non-hydrogen) atoms. The number of nitrogens with one attached hydrogen (secondary N) is 1. The summed E-state index contributed by atoms with van der Waals surface area (Å²) in [6.45, 7) is 2.01. The van der Waals surface area contributed by atoms with Crippen LogP contribution in [-0.2, 0) is 6.42 Å². The third kappa shape index (κ3) is 4.87. The van der Waals surface area contributed by atoms with Gasteiger partial charge in [-0.3, -0.25) is 4.79 Å². The van der Waals surface area contributed by atoms with Crippen LogP contribution in [0.4, 0.5) is 0 Å². The Balaban J connectivity index is 1.91. The van der Waals surface area contributed by atoms with Crippen LogP contribution >= 0.6 is 27.5 Å². The highest BCUT2D eigenvalue weighted by molar-refractivity contribution is 9.10. The van der Waals surface area contributed by atoms with Gasteiger partial charge in [0, 0.05) is 10.5 Å². The van der Waals surface area contributed by atoms with Crippen molar-refractivity contribution in [3.63, 3.8) is 0 Å². The van der Waals surface area contributed by atoms with E-state index in [0.29, 0.717) is 10.6 Å². The van der Waals surface area contributed by atoms with Crippen molar-refractivity contribution in [3.05, 3.63) is 69.2 Å². The number of benzene rings is 2. The first-order valence-corrected chi connectivity index (χ1v) is 8.03. The molecule has 0 heterocycles. The summed E-state index contributed by atoms with van der Waals surface area (Å²) in [6, 6.07) is 15.6. The minimum atomic E-state index is -0.137. The second kappa shape index (κ2) is 7.62. The molecule has 0 aliphatic heterocycles. The van der Waals surface area contributed by atoms with Crippen LogP contribution in [0, 0.1) is 0 Å². The molecule has 0 saturated heterocycles. The third-order valence-electron chi connectivity index (χ3n) is 3.26. The van der Waals surface area contributed by atoms with E-state index >= 15 is 0 Å². The minimum Gasteiger partial charge on any atom is -0.350 e. The SMILES string of the molecule is C[C@@H](CCc1ccccc1)NC(=O)c1cc(Br)ccc1Cl. The van der Waals surface area contributed by atoms with Gasteiger partial charge >= 0.3 is 0 Å². The number of carbonyl (C=O) groups is 1. The Morgan fingerprint density at radius 1 is 1.24 bits per heavy atom. The predicted molar refractivity (Wildman–Crippen MR) is 90.8 cm³/mol. The Labute approximate surface area is 138 Å². The van der Waals surface area contributed by atoms with Crippen LogP contribution in [0.5, 0.6) is 0 Å². The zero-order chi connectivity index (χ0) is 15.2. The second-order valence-corrected chi connectivity index (χ2v) is 6.35. The van der Waals surface area contributed by atoms with Gasteiger partial charge in [-0.25, -0.2) is 0 Å². The first-order valence-electron chi connectivity index (χ1n) is 6.86. The van der Waals surface area contributed by atoms with Crippen LogP contribution < -0.4 is 5.32 Å². The van der Waals surface area contributed by atoms with Crippen LogP contribution in [0.1, 0.15) is 29.3 Å². The van der Waals surface area contributed by atoms with Gasteiger partial charge in [-0.2, -0.15) is 0 Å². The number of aryl methyl sites for hydroxylation is 1. The topological polar surface area (TPSA) is 29.1 Å². The predicted octanol–water partition coefficient (Wildman–Crippen LogP) is 4.85. The Kier molecular flexibility index (Phi) is 5.83. The molecule has 0 aliphatic carbocycles. The van der Waals surface area contributed by atoms with Crippen molar-refractivity contribution >= 4 is 33.4 Å². The maximum Gasteiger partial charge on any atom is 0.253 e. The molecule has 1 atom stereocenters. The lowest BCUT2D eigenvalue weighted by molar-refractivity contribution is 0.0938. The summed E-state index contributed by atoms with van der Waals surface area (Å²) >= 11 is 9.42. The molecule has 2 rings (SSSR count). The molecule has 0 bridgehead atoms. The molecule has 0 radical (unpaired) electrons. The minimum absolute atomic E-state index is 0.0905. The number of hydrogen-bond donors (Lipinski definition) is 1. The smallest absolute Gasteiger partial charge is 0.253 e. The van der Waals surface area contributed by atoms with Crippen LogP contribution in [-0.4, -0.2) is 11.9 Å². The van der Waals surface area contributed by atoms with E-state index in [0.717, 1.165) is 17.3 Å². The van der Waals surface area contributed by atoms with E-state index in [-0.39, 0.29) is 11.9 Å². The highest BCUT2D eigenvalue weighted by atomic mass is 79.9. The first kappa shape index (κ1) is 16.1. The van der Waals surface area contributed by atoms with Crippen LogP contribution in [0.15, 0.2) is 53.0 Å². The number of carbonyl (C=O) groups excluding carboxylic acids is 1. The standard InChI is InChI=1S/C17H17BrClNO/c1-12(7-8-13-5-3-2-4-6-13)20-17(21)15-11-14(18)9-10-16(15)19/h2-6,9-12H,7-8H2,1H3,(H,20,21)/t12-/m0/s1. The average molecular weight is 367 g/mol. The monoisotopic (exact) mass is 365 g/mol. The summed E-state index contributed by atoms with van der Waals surface area (Å²) in [7, 11) is 0. The van der Waals surface area contributed by atoms with Gasteiger partial charge in [0.1, 0.15) is 0 Å². The van der Waals surface area contributed by atoms with Crippen LogP contribution in [0.3, 0.4) is 0 Å². The maximum absolute atomic E-state index is 12.2. The van der Waals surface area contributed by atoms with Crippen molar-refractivity contribution in [2.45, 2.75) is 25.8 Å². The molecule has 0 spiro atoms. The summed E-state index contributed by atoms with van der Waals surface area (Å²) in [4.78, 5) is 12.2. The van der Waals surface area contributed by atoms with E-state index in [4.69, 9.17) is 11.6 Å². The Morgan fingerprint density at radius 3 is 2.67 bits per heavy atom. The second-order valence-electron chi connectivity index (χ2n) is 5.02. The number of amides is 1. The molecular formula is C17H17BrClNO.